The Morgan fingerprint density at radius 2 is 1.10 bits per heavy atom. The average molecular weight is 1020 g/mol. The third kappa shape index (κ3) is 12.6. The first-order chi connectivity index (χ1) is 37.8. The van der Waals surface area contributed by atoms with E-state index >= 15 is 0 Å². The molecule has 0 amide bonds. The van der Waals surface area contributed by atoms with Gasteiger partial charge in [-0.2, -0.15) is 0 Å². The normalized spacial score (nSPS) is 19.4. The summed E-state index contributed by atoms with van der Waals surface area (Å²) in [6, 6.07) is 50.5. The SMILES string of the molecule is CCN(C)c1ccc(/C(=C2/C=CC(=[NH+]CC3CC4CC(CNc5ccc(C(=C6C=CCC=C6)c6ccc(N(CC)CC)cc6)c6ccccc56)C(C3)C4)c3ccccc32)c2ccc(N(CC)CC)cc2)cc1.CCNCC. The quantitative estimate of drug-likeness (QED) is 0.0755. The summed E-state index contributed by atoms with van der Waals surface area (Å²) in [5, 5.41) is 9.75. The monoisotopic (exact) mass is 1020 g/mol. The highest BCUT2D eigenvalue weighted by molar-refractivity contribution is 6.17. The molecule has 400 valence electrons. The number of hydrogen-bond acceptors (Lipinski definition) is 5. The molecule has 0 spiro atoms. The molecule has 0 saturated heterocycles. The third-order valence-corrected chi connectivity index (χ3v) is 17.1. The van der Waals surface area contributed by atoms with Crippen LogP contribution in [0.15, 0.2) is 175 Å². The van der Waals surface area contributed by atoms with Crippen LogP contribution in [0.2, 0.25) is 0 Å². The third-order valence-electron chi connectivity index (χ3n) is 17.1. The predicted octanol–water partition coefficient (Wildman–Crippen LogP) is 14.5. The van der Waals surface area contributed by atoms with Gasteiger partial charge in [-0.05, 0) is 208 Å². The fourth-order valence-corrected chi connectivity index (χ4v) is 12.9. The van der Waals surface area contributed by atoms with Gasteiger partial charge in [0.2, 0.25) is 5.71 Å². The lowest BCUT2D eigenvalue weighted by molar-refractivity contribution is -0.466. The summed E-state index contributed by atoms with van der Waals surface area (Å²) in [7, 11) is 2.16. The number of anilines is 4. The zero-order chi connectivity index (χ0) is 53.7. The van der Waals surface area contributed by atoms with Crippen LogP contribution in [0.4, 0.5) is 22.7 Å². The van der Waals surface area contributed by atoms with E-state index in [-0.39, 0.29) is 0 Å². The van der Waals surface area contributed by atoms with E-state index in [4.69, 9.17) is 0 Å². The van der Waals surface area contributed by atoms with Gasteiger partial charge in [-0.25, -0.2) is 4.99 Å². The molecule has 10 rings (SSSR count). The summed E-state index contributed by atoms with van der Waals surface area (Å²) in [6.45, 7) is 24.5. The lowest BCUT2D eigenvalue weighted by Crippen LogP contribution is -2.75. The first-order valence-corrected chi connectivity index (χ1v) is 29.5. The lowest BCUT2D eigenvalue weighted by atomic mass is 9.79. The molecule has 0 radical (unpaired) electrons. The van der Waals surface area contributed by atoms with Crippen LogP contribution in [0.25, 0.3) is 27.5 Å². The van der Waals surface area contributed by atoms with Crippen LogP contribution < -0.4 is 30.3 Å². The van der Waals surface area contributed by atoms with Crippen molar-refractivity contribution >= 4 is 56.0 Å². The van der Waals surface area contributed by atoms with Gasteiger partial charge >= 0.3 is 0 Å². The summed E-state index contributed by atoms with van der Waals surface area (Å²) in [5.41, 5.74) is 19.0. The topological polar surface area (TPSA) is 47.8 Å². The molecular weight excluding hydrogens is 937 g/mol. The van der Waals surface area contributed by atoms with E-state index in [9.17, 15) is 0 Å². The first kappa shape index (κ1) is 54.9. The maximum atomic E-state index is 4.04. The highest BCUT2D eigenvalue weighted by atomic mass is 15.1. The molecule has 77 heavy (non-hydrogen) atoms. The molecule has 6 aromatic rings. The van der Waals surface area contributed by atoms with Gasteiger partial charge < -0.3 is 25.3 Å². The van der Waals surface area contributed by atoms with E-state index in [1.54, 1.807) is 0 Å². The summed E-state index contributed by atoms with van der Waals surface area (Å²) in [6.07, 6.45) is 20.2. The average Bonchev–Trinajstić information content (AvgIpc) is 3.78. The maximum Gasteiger partial charge on any atom is 0.206 e. The van der Waals surface area contributed by atoms with Gasteiger partial charge in [0.25, 0.3) is 0 Å². The molecular formula is C71H87N6+. The van der Waals surface area contributed by atoms with Crippen molar-refractivity contribution in [3.63, 3.8) is 0 Å². The van der Waals surface area contributed by atoms with Crippen molar-refractivity contribution in [1.29, 1.82) is 0 Å². The highest BCUT2D eigenvalue weighted by Gasteiger charge is 2.41. The van der Waals surface area contributed by atoms with Crippen molar-refractivity contribution in [3.8, 4) is 0 Å². The van der Waals surface area contributed by atoms with Crippen molar-refractivity contribution < 1.29 is 4.99 Å². The molecule has 6 nitrogen and oxygen atoms in total. The van der Waals surface area contributed by atoms with Crippen LogP contribution in [0.3, 0.4) is 0 Å². The second kappa shape index (κ2) is 26.4. The van der Waals surface area contributed by atoms with Crippen LogP contribution >= 0.6 is 0 Å². The predicted molar refractivity (Wildman–Crippen MR) is 335 cm³/mol. The smallest absolute Gasteiger partial charge is 0.206 e. The number of hydrogen-bond donors (Lipinski definition) is 3. The maximum absolute atomic E-state index is 4.04. The molecule has 3 N–H and O–H groups in total. The second-order valence-corrected chi connectivity index (χ2v) is 21.6. The van der Waals surface area contributed by atoms with Gasteiger partial charge in [-0.1, -0.05) is 123 Å². The molecule has 4 unspecified atom stereocenters. The largest absolute Gasteiger partial charge is 0.384 e. The molecule has 0 heterocycles. The minimum Gasteiger partial charge on any atom is -0.384 e. The molecule has 6 aromatic carbocycles. The van der Waals surface area contributed by atoms with Crippen LogP contribution in [0, 0.1) is 23.7 Å². The molecule has 4 aliphatic carbocycles. The van der Waals surface area contributed by atoms with Gasteiger partial charge in [-0.15, -0.1) is 0 Å². The minimum absolute atomic E-state index is 0.666. The molecule has 6 heteroatoms. The Morgan fingerprint density at radius 3 is 1.69 bits per heavy atom. The van der Waals surface area contributed by atoms with E-state index in [0.717, 1.165) is 77.2 Å². The summed E-state index contributed by atoms with van der Waals surface area (Å²) < 4.78 is 0. The number of rotatable bonds is 19. The van der Waals surface area contributed by atoms with Crippen LogP contribution in [-0.2, 0) is 0 Å². The van der Waals surface area contributed by atoms with Crippen LogP contribution in [0.5, 0.6) is 0 Å². The molecule has 0 aliphatic heterocycles. The summed E-state index contributed by atoms with van der Waals surface area (Å²) in [5.74, 6) is 2.90. The van der Waals surface area contributed by atoms with E-state index in [1.807, 2.05) is 0 Å². The Bertz CT molecular complexity index is 3070. The summed E-state index contributed by atoms with van der Waals surface area (Å²) in [4.78, 5) is 11.2. The molecule has 2 saturated carbocycles. The molecule has 2 fully saturated rings. The fourth-order valence-electron chi connectivity index (χ4n) is 12.9. The standard InChI is InChI=1S/C67H75N5.C4H11N/c1-7-70(6)55-31-25-50(26-32-55)67(52-29-35-57(36-30-52)72(10-4)11-5)63-37-39-64(60-23-17-15-21-58(60)63)68-45-48-41-47-42-53(44-48)54(43-47)46-69-65-40-38-62(59-22-16-18-24-61(59)65)66(49-19-13-12-14-20-49)51-27-33-56(34-28-51)71(8-2)9-3;1-3-5-4-2/h13-40,47-48,53-54,69H,7-12,41-46H2,1-6H3;5H,3-4H2,1-2H3/p+1/b67-63+,68-64?;. The number of allylic oxidation sites excluding steroid dienone is 8. The molecule has 4 aliphatic rings. The Hall–Kier alpha value is -6.89. The van der Waals surface area contributed by atoms with E-state index < -0.39 is 0 Å². The van der Waals surface area contributed by atoms with Crippen molar-refractivity contribution in [2.24, 2.45) is 23.7 Å². The molecule has 4 atom stereocenters. The lowest BCUT2D eigenvalue weighted by Gasteiger charge is -2.27. The highest BCUT2D eigenvalue weighted by Crippen LogP contribution is 2.48. The molecule has 2 bridgehead atoms. The van der Waals surface area contributed by atoms with Gasteiger partial charge in [0.05, 0.1) is 5.56 Å². The van der Waals surface area contributed by atoms with Crippen molar-refractivity contribution in [2.75, 3.05) is 86.0 Å². The fraction of sp³-hybridized carbons (Fsp3) is 0.366. The Balaban J connectivity index is 0.00000138. The van der Waals surface area contributed by atoms with Gasteiger partial charge in [0.1, 0.15) is 6.54 Å². The summed E-state index contributed by atoms with van der Waals surface area (Å²) >= 11 is 0. The van der Waals surface area contributed by atoms with Crippen molar-refractivity contribution in [1.82, 2.24) is 5.32 Å². The number of fused-ring (bicyclic) bond motifs is 4. The van der Waals surface area contributed by atoms with Crippen LogP contribution in [0.1, 0.15) is 114 Å². The minimum atomic E-state index is 0.666. The Morgan fingerprint density at radius 1 is 0.532 bits per heavy atom. The Labute approximate surface area is 463 Å². The Kier molecular flexibility index (Phi) is 18.8. The van der Waals surface area contributed by atoms with Gasteiger partial charge in [0, 0.05) is 86.4 Å². The van der Waals surface area contributed by atoms with Gasteiger partial charge in [0.15, 0.2) is 0 Å². The van der Waals surface area contributed by atoms with Gasteiger partial charge in [-0.3, -0.25) is 0 Å². The van der Waals surface area contributed by atoms with Crippen molar-refractivity contribution in [2.45, 2.75) is 80.6 Å². The zero-order valence-corrected chi connectivity index (χ0v) is 47.7. The number of benzene rings is 6. The first-order valence-electron chi connectivity index (χ1n) is 29.5. The zero-order valence-electron chi connectivity index (χ0n) is 47.7. The number of nitrogens with one attached hydrogen (secondary N) is 3. The van der Waals surface area contributed by atoms with Crippen molar-refractivity contribution in [3.05, 3.63) is 209 Å². The molecule has 0 aromatic heterocycles. The van der Waals surface area contributed by atoms with E-state index in [2.05, 4.69) is 256 Å². The van der Waals surface area contributed by atoms with E-state index in [1.165, 1.54) is 121 Å². The second-order valence-electron chi connectivity index (χ2n) is 21.6. The van der Waals surface area contributed by atoms with E-state index in [0.29, 0.717) is 11.8 Å². The van der Waals surface area contributed by atoms with Crippen LogP contribution in [-0.4, -0.2) is 71.7 Å². The number of nitrogens with zero attached hydrogens (tertiary/aromatic N) is 3.